The minimum atomic E-state index is 0. The molecule has 0 radical (unpaired) electrons. The highest BCUT2D eigenvalue weighted by Gasteiger charge is 2.28. The molecule has 3 heterocycles. The van der Waals surface area contributed by atoms with Crippen molar-refractivity contribution in [1.29, 1.82) is 0 Å². The molecule has 0 spiro atoms. The molecule has 1 fully saturated rings. The standard InChI is InChI=1S/C18H21N3O3S.2ClH/c1-11-12(2)21(6-5-19-11)17(22)8-14-9-25-18(20-14)13-3-4-15-16(7-13)24-10-23-15;;/h3-4,7,9,11-12,19H,5-6,8,10H2,1-2H3;2*1H. The Hall–Kier alpha value is -1.54. The Labute approximate surface area is 175 Å². The fourth-order valence-corrected chi connectivity index (χ4v) is 4.03. The molecule has 2 atom stereocenters. The highest BCUT2D eigenvalue weighted by molar-refractivity contribution is 7.13. The van der Waals surface area contributed by atoms with E-state index in [9.17, 15) is 4.79 Å². The van der Waals surface area contributed by atoms with Crippen LogP contribution < -0.4 is 14.8 Å². The van der Waals surface area contributed by atoms with Crippen LogP contribution in [0.3, 0.4) is 0 Å². The maximum Gasteiger partial charge on any atom is 0.231 e. The molecule has 2 unspecified atom stereocenters. The minimum absolute atomic E-state index is 0. The van der Waals surface area contributed by atoms with E-state index in [-0.39, 0.29) is 43.6 Å². The van der Waals surface area contributed by atoms with Crippen LogP contribution in [0.4, 0.5) is 0 Å². The van der Waals surface area contributed by atoms with Crippen LogP contribution in [-0.4, -0.2) is 47.8 Å². The van der Waals surface area contributed by atoms with E-state index in [2.05, 4.69) is 24.1 Å². The Balaban J connectivity index is 0.00000131. The van der Waals surface area contributed by atoms with Crippen molar-refractivity contribution in [2.24, 2.45) is 0 Å². The van der Waals surface area contributed by atoms with Gasteiger partial charge in [0.1, 0.15) is 5.01 Å². The first-order valence-corrected chi connectivity index (χ1v) is 9.37. The molecule has 0 saturated carbocycles. The van der Waals surface area contributed by atoms with E-state index >= 15 is 0 Å². The number of nitrogens with one attached hydrogen (secondary N) is 1. The van der Waals surface area contributed by atoms with Crippen molar-refractivity contribution in [3.63, 3.8) is 0 Å². The number of amides is 1. The first kappa shape index (κ1) is 21.8. The fourth-order valence-electron chi connectivity index (χ4n) is 3.22. The van der Waals surface area contributed by atoms with Crippen LogP contribution >= 0.6 is 36.2 Å². The van der Waals surface area contributed by atoms with Gasteiger partial charge < -0.3 is 19.7 Å². The second-order valence-electron chi connectivity index (χ2n) is 6.46. The minimum Gasteiger partial charge on any atom is -0.454 e. The number of piperazine rings is 1. The summed E-state index contributed by atoms with van der Waals surface area (Å²) in [5.74, 6) is 1.65. The molecule has 4 rings (SSSR count). The summed E-state index contributed by atoms with van der Waals surface area (Å²) in [7, 11) is 0. The lowest BCUT2D eigenvalue weighted by atomic mass is 10.1. The summed E-state index contributed by atoms with van der Waals surface area (Å²) >= 11 is 1.55. The molecule has 2 aliphatic heterocycles. The van der Waals surface area contributed by atoms with E-state index in [1.165, 1.54) is 0 Å². The number of fused-ring (bicyclic) bond motifs is 1. The fraction of sp³-hybridized carbons (Fsp3) is 0.444. The van der Waals surface area contributed by atoms with Crippen LogP contribution in [0.1, 0.15) is 19.5 Å². The van der Waals surface area contributed by atoms with Gasteiger partial charge in [-0.25, -0.2) is 4.98 Å². The Bertz CT molecular complexity index is 802. The Morgan fingerprint density at radius 2 is 2.07 bits per heavy atom. The monoisotopic (exact) mass is 431 g/mol. The van der Waals surface area contributed by atoms with E-state index in [0.717, 1.165) is 40.9 Å². The van der Waals surface area contributed by atoms with Crippen LogP contribution in [0.2, 0.25) is 0 Å². The summed E-state index contributed by atoms with van der Waals surface area (Å²) in [6.07, 6.45) is 0.345. The van der Waals surface area contributed by atoms with E-state index in [1.54, 1.807) is 11.3 Å². The van der Waals surface area contributed by atoms with E-state index in [1.807, 2.05) is 28.5 Å². The highest BCUT2D eigenvalue weighted by Crippen LogP contribution is 2.36. The first-order valence-electron chi connectivity index (χ1n) is 8.49. The summed E-state index contributed by atoms with van der Waals surface area (Å²) in [6, 6.07) is 6.32. The number of benzene rings is 1. The molecule has 1 amide bonds. The van der Waals surface area contributed by atoms with Gasteiger partial charge in [0.15, 0.2) is 11.5 Å². The molecule has 1 N–H and O–H groups in total. The molecule has 2 aromatic rings. The lowest BCUT2D eigenvalue weighted by Crippen LogP contribution is -2.57. The van der Waals surface area contributed by atoms with Gasteiger partial charge in [0.2, 0.25) is 12.7 Å². The number of hydrogen-bond donors (Lipinski definition) is 1. The third-order valence-electron chi connectivity index (χ3n) is 4.86. The molecule has 0 aliphatic carbocycles. The van der Waals surface area contributed by atoms with Gasteiger partial charge in [0.05, 0.1) is 12.1 Å². The maximum absolute atomic E-state index is 12.6. The van der Waals surface area contributed by atoms with Crippen LogP contribution in [0.5, 0.6) is 11.5 Å². The molecule has 1 saturated heterocycles. The number of hydrogen-bond acceptors (Lipinski definition) is 6. The van der Waals surface area contributed by atoms with Gasteiger partial charge in [-0.3, -0.25) is 4.79 Å². The Kier molecular flexibility index (Phi) is 7.33. The summed E-state index contributed by atoms with van der Waals surface area (Å²) in [4.78, 5) is 19.3. The predicted octanol–water partition coefficient (Wildman–Crippen LogP) is 3.13. The summed E-state index contributed by atoms with van der Waals surface area (Å²) in [5, 5.41) is 6.25. The van der Waals surface area contributed by atoms with Crippen molar-refractivity contribution in [1.82, 2.24) is 15.2 Å². The molecule has 1 aromatic carbocycles. The number of aromatic nitrogens is 1. The second kappa shape index (κ2) is 9.10. The Morgan fingerprint density at radius 1 is 1.30 bits per heavy atom. The van der Waals surface area contributed by atoms with Crippen LogP contribution in [0.15, 0.2) is 23.6 Å². The molecule has 27 heavy (non-hydrogen) atoms. The number of carbonyl (C=O) groups excluding carboxylic acids is 1. The summed E-state index contributed by atoms with van der Waals surface area (Å²) in [6.45, 7) is 6.07. The van der Waals surface area contributed by atoms with Crippen LogP contribution in [0, 0.1) is 0 Å². The number of thiazole rings is 1. The second-order valence-corrected chi connectivity index (χ2v) is 7.32. The van der Waals surface area contributed by atoms with Crippen molar-refractivity contribution in [2.75, 3.05) is 19.9 Å². The average molecular weight is 432 g/mol. The Morgan fingerprint density at radius 3 is 2.89 bits per heavy atom. The van der Waals surface area contributed by atoms with Crippen LogP contribution in [0.25, 0.3) is 10.6 Å². The smallest absolute Gasteiger partial charge is 0.231 e. The lowest BCUT2D eigenvalue weighted by molar-refractivity contribution is -0.134. The van der Waals surface area contributed by atoms with Gasteiger partial charge >= 0.3 is 0 Å². The molecule has 1 aromatic heterocycles. The predicted molar refractivity (Wildman–Crippen MR) is 111 cm³/mol. The normalized spacial score (nSPS) is 20.6. The average Bonchev–Trinajstić information content (AvgIpc) is 3.25. The molecule has 148 valence electrons. The maximum atomic E-state index is 12.6. The van der Waals surface area contributed by atoms with Gasteiger partial charge in [-0.2, -0.15) is 0 Å². The molecule has 0 bridgehead atoms. The third kappa shape index (κ3) is 4.48. The molecular formula is C18H23Cl2N3O3S. The van der Waals surface area contributed by atoms with E-state index < -0.39 is 0 Å². The van der Waals surface area contributed by atoms with Crippen molar-refractivity contribution >= 4 is 42.1 Å². The molecule has 9 heteroatoms. The van der Waals surface area contributed by atoms with Crippen molar-refractivity contribution < 1.29 is 14.3 Å². The largest absolute Gasteiger partial charge is 0.454 e. The zero-order valence-corrected chi connectivity index (χ0v) is 17.6. The van der Waals surface area contributed by atoms with E-state index in [4.69, 9.17) is 9.47 Å². The third-order valence-corrected chi connectivity index (χ3v) is 5.80. The van der Waals surface area contributed by atoms with Gasteiger partial charge in [-0.15, -0.1) is 36.2 Å². The zero-order chi connectivity index (χ0) is 17.4. The van der Waals surface area contributed by atoms with Crippen LogP contribution in [-0.2, 0) is 11.2 Å². The van der Waals surface area contributed by atoms with Crippen molar-refractivity contribution in [2.45, 2.75) is 32.4 Å². The van der Waals surface area contributed by atoms with Gasteiger partial charge in [-0.05, 0) is 32.0 Å². The van der Waals surface area contributed by atoms with Gasteiger partial charge in [0.25, 0.3) is 0 Å². The molecular weight excluding hydrogens is 409 g/mol. The van der Waals surface area contributed by atoms with Gasteiger partial charge in [0, 0.05) is 36.1 Å². The lowest BCUT2D eigenvalue weighted by Gasteiger charge is -2.38. The number of halogens is 2. The van der Waals surface area contributed by atoms with Crippen molar-refractivity contribution in [3.05, 3.63) is 29.3 Å². The topological polar surface area (TPSA) is 63.7 Å². The summed E-state index contributed by atoms with van der Waals surface area (Å²) < 4.78 is 10.8. The SMILES string of the molecule is CC1NCCN(C(=O)Cc2csc(-c3ccc4c(c3)OCO4)n2)C1C.Cl.Cl. The van der Waals surface area contributed by atoms with E-state index in [0.29, 0.717) is 12.5 Å². The first-order chi connectivity index (χ1) is 12.1. The molecule has 2 aliphatic rings. The quantitative estimate of drug-likeness (QED) is 0.808. The number of ether oxygens (including phenoxy) is 2. The molecule has 6 nitrogen and oxygen atoms in total. The number of rotatable bonds is 3. The number of carbonyl (C=O) groups is 1. The van der Waals surface area contributed by atoms with Crippen molar-refractivity contribution in [3.8, 4) is 22.1 Å². The van der Waals surface area contributed by atoms with Gasteiger partial charge in [-0.1, -0.05) is 0 Å². The number of nitrogens with zero attached hydrogens (tertiary/aromatic N) is 2. The highest BCUT2D eigenvalue weighted by atomic mass is 35.5. The zero-order valence-electron chi connectivity index (χ0n) is 15.1. The summed E-state index contributed by atoms with van der Waals surface area (Å²) in [5.41, 5.74) is 1.80.